The van der Waals surface area contributed by atoms with E-state index in [2.05, 4.69) is 5.32 Å². The zero-order valence-electron chi connectivity index (χ0n) is 9.73. The van der Waals surface area contributed by atoms with Crippen molar-refractivity contribution in [1.29, 1.82) is 0 Å². The number of thiophene rings is 1. The van der Waals surface area contributed by atoms with Gasteiger partial charge in [-0.05, 0) is 6.42 Å². The van der Waals surface area contributed by atoms with Gasteiger partial charge in [0, 0.05) is 18.0 Å². The maximum absolute atomic E-state index is 11.7. The molecule has 0 saturated heterocycles. The second-order valence-corrected chi connectivity index (χ2v) is 4.42. The van der Waals surface area contributed by atoms with E-state index >= 15 is 0 Å². The summed E-state index contributed by atoms with van der Waals surface area (Å²) < 4.78 is 4.97. The van der Waals surface area contributed by atoms with Crippen LogP contribution in [0.1, 0.15) is 23.0 Å². The van der Waals surface area contributed by atoms with E-state index in [4.69, 9.17) is 9.84 Å². The average Bonchev–Trinajstić information content (AvgIpc) is 2.77. The number of aliphatic carboxylic acids is 1. The monoisotopic (exact) mass is 257 g/mol. The Morgan fingerprint density at radius 1 is 1.59 bits per heavy atom. The fraction of sp³-hybridized carbons (Fsp3) is 0.455. The molecular formula is C11H15NO4S. The first-order chi connectivity index (χ1) is 8.08. The zero-order valence-corrected chi connectivity index (χ0v) is 10.5. The lowest BCUT2D eigenvalue weighted by molar-refractivity contribution is -0.141. The first-order valence-electron chi connectivity index (χ1n) is 5.22. The number of hydrogen-bond acceptors (Lipinski definition) is 4. The van der Waals surface area contributed by atoms with Crippen LogP contribution in [-0.4, -0.2) is 30.6 Å². The Labute approximate surface area is 103 Å². The molecule has 5 nitrogen and oxygen atoms in total. The molecule has 1 aromatic heterocycles. The predicted molar refractivity (Wildman–Crippen MR) is 64.6 cm³/mol. The highest BCUT2D eigenvalue weighted by molar-refractivity contribution is 7.12. The van der Waals surface area contributed by atoms with Crippen molar-refractivity contribution in [2.24, 2.45) is 5.92 Å². The Balaban J connectivity index is 2.52. The molecule has 0 bridgehead atoms. The Bertz CT molecular complexity index is 402. The maximum Gasteiger partial charge on any atom is 0.308 e. The molecule has 0 radical (unpaired) electrons. The molecule has 1 rings (SSSR count). The number of amides is 1. The highest BCUT2D eigenvalue weighted by atomic mass is 32.1. The Hall–Kier alpha value is -1.56. The summed E-state index contributed by atoms with van der Waals surface area (Å²) in [6, 6.07) is 1.63. The van der Waals surface area contributed by atoms with Crippen molar-refractivity contribution >= 4 is 23.2 Å². The largest absolute Gasteiger partial charge is 0.496 e. The van der Waals surface area contributed by atoms with Gasteiger partial charge in [-0.3, -0.25) is 9.59 Å². The average molecular weight is 257 g/mol. The van der Waals surface area contributed by atoms with Gasteiger partial charge in [0.2, 0.25) is 0 Å². The fourth-order valence-corrected chi connectivity index (χ4v) is 2.02. The van der Waals surface area contributed by atoms with Crippen LogP contribution in [0.3, 0.4) is 0 Å². The van der Waals surface area contributed by atoms with E-state index in [0.717, 1.165) is 0 Å². The zero-order chi connectivity index (χ0) is 12.8. The molecule has 6 heteroatoms. The van der Waals surface area contributed by atoms with Gasteiger partial charge in [-0.1, -0.05) is 6.92 Å². The summed E-state index contributed by atoms with van der Waals surface area (Å²) in [6.45, 7) is 1.92. The third kappa shape index (κ3) is 3.74. The molecule has 0 aliphatic carbocycles. The molecule has 94 valence electrons. The molecular weight excluding hydrogens is 242 g/mol. The maximum atomic E-state index is 11.7. The molecule has 0 aromatic carbocycles. The second-order valence-electron chi connectivity index (χ2n) is 3.50. The van der Waals surface area contributed by atoms with Crippen molar-refractivity contribution < 1.29 is 19.4 Å². The van der Waals surface area contributed by atoms with Crippen molar-refractivity contribution in [3.63, 3.8) is 0 Å². The fourth-order valence-electron chi connectivity index (χ4n) is 1.25. The normalized spacial score (nSPS) is 11.9. The molecule has 1 heterocycles. The molecule has 0 aliphatic heterocycles. The highest BCUT2D eigenvalue weighted by Gasteiger charge is 2.17. The minimum Gasteiger partial charge on any atom is -0.496 e. The van der Waals surface area contributed by atoms with Crippen LogP contribution in [0.15, 0.2) is 11.4 Å². The standard InChI is InChI=1S/C11H15NO4S/c1-3-7(11(14)15)5-12-10(13)9-4-8(16-2)6-17-9/h4,6-7H,3,5H2,1-2H3,(H,12,13)(H,14,15). The Morgan fingerprint density at radius 3 is 2.76 bits per heavy atom. The number of ether oxygens (including phenoxy) is 1. The first kappa shape index (κ1) is 13.5. The van der Waals surface area contributed by atoms with Gasteiger partial charge in [0.05, 0.1) is 17.9 Å². The summed E-state index contributed by atoms with van der Waals surface area (Å²) in [5.74, 6) is -1.07. The van der Waals surface area contributed by atoms with Crippen LogP contribution in [-0.2, 0) is 4.79 Å². The molecule has 1 unspecified atom stereocenters. The first-order valence-corrected chi connectivity index (χ1v) is 6.10. The van der Waals surface area contributed by atoms with Gasteiger partial charge in [0.15, 0.2) is 0 Å². The number of hydrogen-bond donors (Lipinski definition) is 2. The lowest BCUT2D eigenvalue weighted by Crippen LogP contribution is -2.32. The summed E-state index contributed by atoms with van der Waals surface area (Å²) in [4.78, 5) is 22.9. The third-order valence-electron chi connectivity index (χ3n) is 2.39. The lowest BCUT2D eigenvalue weighted by Gasteiger charge is -2.10. The molecule has 0 aliphatic rings. The molecule has 0 saturated carbocycles. The van der Waals surface area contributed by atoms with Crippen molar-refractivity contribution in [3.05, 3.63) is 16.3 Å². The minimum absolute atomic E-state index is 0.144. The van der Waals surface area contributed by atoms with Gasteiger partial charge in [0.25, 0.3) is 5.91 Å². The van der Waals surface area contributed by atoms with Gasteiger partial charge in [-0.2, -0.15) is 0 Å². The summed E-state index contributed by atoms with van der Waals surface area (Å²) in [5, 5.41) is 13.2. The third-order valence-corrected chi connectivity index (χ3v) is 3.29. The molecule has 2 N–H and O–H groups in total. The van der Waals surface area contributed by atoms with E-state index < -0.39 is 11.9 Å². The van der Waals surface area contributed by atoms with E-state index in [1.807, 2.05) is 0 Å². The Kier molecular flexibility index (Phi) is 4.96. The number of nitrogens with one attached hydrogen (secondary N) is 1. The Morgan fingerprint density at radius 2 is 2.29 bits per heavy atom. The van der Waals surface area contributed by atoms with E-state index in [1.165, 1.54) is 18.4 Å². The predicted octanol–water partition coefficient (Wildman–Crippen LogP) is 1.60. The van der Waals surface area contributed by atoms with E-state index in [9.17, 15) is 9.59 Å². The van der Waals surface area contributed by atoms with Crippen LogP contribution in [0.2, 0.25) is 0 Å². The number of methoxy groups -OCH3 is 1. The summed E-state index contributed by atoms with van der Waals surface area (Å²) in [6.07, 6.45) is 0.489. The molecule has 0 spiro atoms. The smallest absolute Gasteiger partial charge is 0.308 e. The number of rotatable bonds is 6. The van der Waals surface area contributed by atoms with Gasteiger partial charge in [-0.15, -0.1) is 11.3 Å². The second kappa shape index (κ2) is 6.24. The number of carbonyl (C=O) groups excluding carboxylic acids is 1. The quantitative estimate of drug-likeness (QED) is 0.811. The van der Waals surface area contributed by atoms with Crippen LogP contribution in [0.5, 0.6) is 5.75 Å². The highest BCUT2D eigenvalue weighted by Crippen LogP contribution is 2.20. The van der Waals surface area contributed by atoms with Crippen LogP contribution in [0, 0.1) is 5.92 Å². The summed E-state index contributed by atoms with van der Waals surface area (Å²) >= 11 is 1.27. The number of carboxylic acid groups (broad SMARTS) is 1. The van der Waals surface area contributed by atoms with Crippen LogP contribution < -0.4 is 10.1 Å². The topological polar surface area (TPSA) is 75.6 Å². The molecule has 17 heavy (non-hydrogen) atoms. The van der Waals surface area contributed by atoms with Crippen molar-refractivity contribution in [2.45, 2.75) is 13.3 Å². The van der Waals surface area contributed by atoms with Crippen molar-refractivity contribution in [3.8, 4) is 5.75 Å². The van der Waals surface area contributed by atoms with E-state index in [-0.39, 0.29) is 12.5 Å². The minimum atomic E-state index is -0.892. The van der Waals surface area contributed by atoms with E-state index in [1.54, 1.807) is 18.4 Å². The van der Waals surface area contributed by atoms with Crippen molar-refractivity contribution in [2.75, 3.05) is 13.7 Å². The van der Waals surface area contributed by atoms with E-state index in [0.29, 0.717) is 17.0 Å². The summed E-state index contributed by atoms with van der Waals surface area (Å²) in [7, 11) is 1.53. The van der Waals surface area contributed by atoms with Crippen LogP contribution in [0.4, 0.5) is 0 Å². The SMILES string of the molecule is CCC(CNC(=O)c1cc(OC)cs1)C(=O)O. The van der Waals surface area contributed by atoms with Gasteiger partial charge in [-0.25, -0.2) is 0 Å². The van der Waals surface area contributed by atoms with Crippen molar-refractivity contribution in [1.82, 2.24) is 5.32 Å². The summed E-state index contributed by atoms with van der Waals surface area (Å²) in [5.41, 5.74) is 0. The molecule has 0 fully saturated rings. The molecule has 1 atom stereocenters. The van der Waals surface area contributed by atoms with Crippen LogP contribution >= 0.6 is 11.3 Å². The number of carboxylic acids is 1. The van der Waals surface area contributed by atoms with Gasteiger partial charge >= 0.3 is 5.97 Å². The lowest BCUT2D eigenvalue weighted by atomic mass is 10.1. The van der Waals surface area contributed by atoms with Crippen LogP contribution in [0.25, 0.3) is 0 Å². The van der Waals surface area contributed by atoms with Gasteiger partial charge < -0.3 is 15.2 Å². The number of carbonyl (C=O) groups is 2. The molecule has 1 amide bonds. The molecule has 1 aromatic rings. The van der Waals surface area contributed by atoms with Gasteiger partial charge in [0.1, 0.15) is 5.75 Å².